The molecule has 0 aliphatic rings. The van der Waals surface area contributed by atoms with Crippen LogP contribution < -0.4 is 5.73 Å². The van der Waals surface area contributed by atoms with Gasteiger partial charge in [0, 0.05) is 15.7 Å². The molecule has 0 aromatic heterocycles. The molecule has 0 bridgehead atoms. The van der Waals surface area contributed by atoms with Crippen molar-refractivity contribution in [3.05, 3.63) is 58.4 Å². The van der Waals surface area contributed by atoms with Crippen LogP contribution in [0.25, 0.3) is 0 Å². The van der Waals surface area contributed by atoms with Gasteiger partial charge < -0.3 is 5.73 Å². The molecule has 0 aliphatic heterocycles. The van der Waals surface area contributed by atoms with Crippen LogP contribution in [0.15, 0.2) is 41.3 Å². The van der Waals surface area contributed by atoms with E-state index in [0.717, 1.165) is 10.5 Å². The van der Waals surface area contributed by atoms with E-state index >= 15 is 0 Å². The Balaban J connectivity index is 2.10. The molecule has 2 nitrogen and oxygen atoms in total. The smallest absolute Gasteiger partial charge is 0.147 e. The van der Waals surface area contributed by atoms with Gasteiger partial charge in [-0.15, -0.1) is 11.8 Å². The number of nitrogens with zero attached hydrogens (tertiary/aromatic N) is 1. The van der Waals surface area contributed by atoms with E-state index in [2.05, 4.69) is 0 Å². The summed E-state index contributed by atoms with van der Waals surface area (Å²) < 4.78 is 13.3. The van der Waals surface area contributed by atoms with Crippen LogP contribution in [0.2, 0.25) is 5.02 Å². The summed E-state index contributed by atoms with van der Waals surface area (Å²) in [5.41, 5.74) is 6.99. The Morgan fingerprint density at radius 1 is 1.26 bits per heavy atom. The van der Waals surface area contributed by atoms with Crippen LogP contribution in [0.3, 0.4) is 0 Å². The summed E-state index contributed by atoms with van der Waals surface area (Å²) in [6.45, 7) is 0. The first kappa shape index (κ1) is 13.7. The Morgan fingerprint density at radius 3 is 2.68 bits per heavy atom. The molecule has 0 aliphatic carbocycles. The van der Waals surface area contributed by atoms with E-state index in [0.29, 0.717) is 16.3 Å². The minimum absolute atomic E-state index is 0.140. The summed E-state index contributed by atoms with van der Waals surface area (Å²) in [4.78, 5) is 0.784. The van der Waals surface area contributed by atoms with E-state index in [1.807, 2.05) is 12.1 Å². The number of hydrogen-bond acceptors (Lipinski definition) is 3. The molecule has 19 heavy (non-hydrogen) atoms. The molecule has 0 saturated carbocycles. The van der Waals surface area contributed by atoms with E-state index in [9.17, 15) is 4.39 Å². The van der Waals surface area contributed by atoms with Gasteiger partial charge in [0.05, 0.1) is 17.3 Å². The molecule has 2 rings (SSSR count). The fourth-order valence-electron chi connectivity index (χ4n) is 1.49. The largest absolute Gasteiger partial charge is 0.396 e. The molecule has 0 radical (unpaired) electrons. The first-order valence-electron chi connectivity index (χ1n) is 5.46. The number of nitrogen functional groups attached to an aromatic ring is 1. The predicted molar refractivity (Wildman–Crippen MR) is 76.5 cm³/mol. The van der Waals surface area contributed by atoms with Gasteiger partial charge >= 0.3 is 0 Å². The molecule has 96 valence electrons. The zero-order valence-electron chi connectivity index (χ0n) is 9.86. The average Bonchev–Trinajstić information content (AvgIpc) is 2.41. The molecule has 2 N–H and O–H groups in total. The van der Waals surface area contributed by atoms with Gasteiger partial charge in [-0.3, -0.25) is 0 Å². The molecule has 2 aromatic carbocycles. The summed E-state index contributed by atoms with van der Waals surface area (Å²) in [7, 11) is 0. The number of anilines is 1. The zero-order chi connectivity index (χ0) is 13.8. The van der Waals surface area contributed by atoms with E-state index in [4.69, 9.17) is 22.6 Å². The summed E-state index contributed by atoms with van der Waals surface area (Å²) >= 11 is 7.53. The Bertz CT molecular complexity index is 652. The molecule has 5 heteroatoms. The van der Waals surface area contributed by atoms with Crippen LogP contribution in [0.1, 0.15) is 11.1 Å². The molecule has 0 heterocycles. The van der Waals surface area contributed by atoms with Crippen molar-refractivity contribution in [3.63, 3.8) is 0 Å². The third-order valence-electron chi connectivity index (χ3n) is 2.55. The number of nitriles is 1. The maximum absolute atomic E-state index is 13.3. The summed E-state index contributed by atoms with van der Waals surface area (Å²) in [5.74, 6) is 0.185. The maximum atomic E-state index is 13.3. The highest BCUT2D eigenvalue weighted by atomic mass is 35.5. The summed E-state index contributed by atoms with van der Waals surface area (Å²) in [6, 6.07) is 11.9. The van der Waals surface area contributed by atoms with Crippen LogP contribution in [-0.4, -0.2) is 0 Å². The van der Waals surface area contributed by atoms with E-state index < -0.39 is 5.82 Å². The third-order valence-corrected chi connectivity index (χ3v) is 3.94. The monoisotopic (exact) mass is 292 g/mol. The minimum atomic E-state index is -0.420. The fourth-order valence-corrected chi connectivity index (χ4v) is 2.74. The number of halogens is 2. The molecule has 0 unspecified atom stereocenters. The van der Waals surface area contributed by atoms with Gasteiger partial charge in [0.25, 0.3) is 0 Å². The number of rotatable bonds is 3. The van der Waals surface area contributed by atoms with Gasteiger partial charge in [0.1, 0.15) is 5.82 Å². The minimum Gasteiger partial charge on any atom is -0.396 e. The Morgan fingerprint density at radius 2 is 2.05 bits per heavy atom. The van der Waals surface area contributed by atoms with Crippen molar-refractivity contribution in [3.8, 4) is 6.07 Å². The van der Waals surface area contributed by atoms with Crippen molar-refractivity contribution in [1.82, 2.24) is 0 Å². The van der Waals surface area contributed by atoms with Crippen LogP contribution in [0, 0.1) is 17.1 Å². The van der Waals surface area contributed by atoms with Crippen LogP contribution in [0.4, 0.5) is 10.1 Å². The first-order valence-corrected chi connectivity index (χ1v) is 6.83. The van der Waals surface area contributed by atoms with Crippen molar-refractivity contribution < 1.29 is 4.39 Å². The van der Waals surface area contributed by atoms with Crippen molar-refractivity contribution in [2.45, 2.75) is 10.6 Å². The third kappa shape index (κ3) is 3.40. The summed E-state index contributed by atoms with van der Waals surface area (Å²) in [5, 5.41) is 9.29. The van der Waals surface area contributed by atoms with Crippen LogP contribution >= 0.6 is 23.4 Å². The quantitative estimate of drug-likeness (QED) is 0.680. The number of nitrogens with two attached hydrogens (primary N) is 1. The van der Waals surface area contributed by atoms with Crippen molar-refractivity contribution in [2.24, 2.45) is 0 Å². The lowest BCUT2D eigenvalue weighted by atomic mass is 10.2. The average molecular weight is 293 g/mol. The highest BCUT2D eigenvalue weighted by Crippen LogP contribution is 2.28. The normalized spacial score (nSPS) is 10.2. The number of hydrogen-bond donors (Lipinski definition) is 1. The van der Waals surface area contributed by atoms with E-state index in [-0.39, 0.29) is 5.69 Å². The molecule has 0 fully saturated rings. The van der Waals surface area contributed by atoms with Crippen molar-refractivity contribution >= 4 is 29.1 Å². The Hall–Kier alpha value is -1.70. The van der Waals surface area contributed by atoms with Gasteiger partial charge in [-0.1, -0.05) is 17.7 Å². The molecule has 0 spiro atoms. The number of thioether (sulfide) groups is 1. The maximum Gasteiger partial charge on any atom is 0.147 e. The molecule has 0 saturated heterocycles. The fraction of sp³-hybridized carbons (Fsp3) is 0.0714. The van der Waals surface area contributed by atoms with Crippen molar-refractivity contribution in [2.75, 3.05) is 5.73 Å². The molecular formula is C14H10ClFN2S. The molecule has 0 atom stereocenters. The van der Waals surface area contributed by atoms with Crippen LogP contribution in [-0.2, 0) is 5.75 Å². The topological polar surface area (TPSA) is 49.8 Å². The molecule has 0 amide bonds. The lowest BCUT2D eigenvalue weighted by Gasteiger charge is -2.05. The Kier molecular flexibility index (Phi) is 4.31. The van der Waals surface area contributed by atoms with Gasteiger partial charge in [0.2, 0.25) is 0 Å². The second-order valence-corrected chi connectivity index (χ2v) is 5.35. The highest BCUT2D eigenvalue weighted by Gasteiger charge is 2.05. The zero-order valence-corrected chi connectivity index (χ0v) is 11.4. The molecular weight excluding hydrogens is 283 g/mol. The van der Waals surface area contributed by atoms with Crippen LogP contribution in [0.5, 0.6) is 0 Å². The first-order chi connectivity index (χ1) is 9.10. The SMILES string of the molecule is N#Cc1ccc(CSc2ccc(N)c(F)c2)c(Cl)c1. The lowest BCUT2D eigenvalue weighted by Crippen LogP contribution is -1.90. The lowest BCUT2D eigenvalue weighted by molar-refractivity contribution is 0.629. The van der Waals surface area contributed by atoms with E-state index in [1.54, 1.807) is 18.2 Å². The molecule has 2 aromatic rings. The second kappa shape index (κ2) is 5.96. The number of benzene rings is 2. The van der Waals surface area contributed by atoms with Gasteiger partial charge in [-0.05, 0) is 35.9 Å². The Labute approximate surface area is 120 Å². The van der Waals surface area contributed by atoms with E-state index in [1.165, 1.54) is 23.9 Å². The second-order valence-electron chi connectivity index (χ2n) is 3.89. The van der Waals surface area contributed by atoms with Gasteiger partial charge in [-0.25, -0.2) is 4.39 Å². The van der Waals surface area contributed by atoms with Gasteiger partial charge in [0.15, 0.2) is 0 Å². The van der Waals surface area contributed by atoms with Crippen molar-refractivity contribution in [1.29, 1.82) is 5.26 Å². The predicted octanol–water partition coefficient (Wildman–Crippen LogP) is 4.23. The van der Waals surface area contributed by atoms with Gasteiger partial charge in [-0.2, -0.15) is 5.26 Å². The summed E-state index contributed by atoms with van der Waals surface area (Å²) in [6.07, 6.45) is 0. The standard InChI is InChI=1S/C14H10ClFN2S/c15-12-5-9(7-17)1-2-10(12)8-19-11-3-4-14(18)13(16)6-11/h1-6H,8,18H2. The highest BCUT2D eigenvalue weighted by molar-refractivity contribution is 7.98.